The molecular weight excluding hydrogens is 276 g/mol. The molecular formula is C13H18N4O2S. The third-order valence-electron chi connectivity index (χ3n) is 3.08. The van der Waals surface area contributed by atoms with Crippen LogP contribution >= 0.6 is 0 Å². The highest BCUT2D eigenvalue weighted by molar-refractivity contribution is 7.92. The van der Waals surface area contributed by atoms with Gasteiger partial charge in [0, 0.05) is 19.3 Å². The molecule has 0 fully saturated rings. The SMILES string of the molecule is CNC(C)c1ccc(S(=O)(=O)Nc2cnn(C)c2)cc1. The average Bonchev–Trinajstić information content (AvgIpc) is 2.82. The van der Waals surface area contributed by atoms with Gasteiger partial charge in [0.15, 0.2) is 0 Å². The van der Waals surface area contributed by atoms with E-state index >= 15 is 0 Å². The summed E-state index contributed by atoms with van der Waals surface area (Å²) in [5.41, 5.74) is 1.48. The number of anilines is 1. The van der Waals surface area contributed by atoms with Gasteiger partial charge in [-0.3, -0.25) is 9.40 Å². The van der Waals surface area contributed by atoms with Crippen LogP contribution in [0.2, 0.25) is 0 Å². The van der Waals surface area contributed by atoms with Crippen LogP contribution in [0.4, 0.5) is 5.69 Å². The summed E-state index contributed by atoms with van der Waals surface area (Å²) in [6.07, 6.45) is 3.07. The van der Waals surface area contributed by atoms with Crippen LogP contribution in [0.3, 0.4) is 0 Å². The molecule has 0 amide bonds. The van der Waals surface area contributed by atoms with Crippen molar-refractivity contribution in [2.75, 3.05) is 11.8 Å². The third kappa shape index (κ3) is 3.17. The molecule has 20 heavy (non-hydrogen) atoms. The van der Waals surface area contributed by atoms with Crippen LogP contribution < -0.4 is 10.0 Å². The Kier molecular flexibility index (Phi) is 4.10. The Labute approximate surface area is 118 Å². The highest BCUT2D eigenvalue weighted by atomic mass is 32.2. The monoisotopic (exact) mass is 294 g/mol. The predicted molar refractivity (Wildman–Crippen MR) is 77.9 cm³/mol. The average molecular weight is 294 g/mol. The first-order valence-corrected chi connectivity index (χ1v) is 7.69. The molecule has 0 spiro atoms. The Balaban J connectivity index is 2.21. The quantitative estimate of drug-likeness (QED) is 0.876. The molecule has 0 aliphatic carbocycles. The van der Waals surface area contributed by atoms with Gasteiger partial charge in [0.2, 0.25) is 0 Å². The Morgan fingerprint density at radius 1 is 1.25 bits per heavy atom. The van der Waals surface area contributed by atoms with Gasteiger partial charge in [-0.05, 0) is 31.7 Å². The maximum atomic E-state index is 12.2. The topological polar surface area (TPSA) is 76.0 Å². The van der Waals surface area contributed by atoms with Gasteiger partial charge in [-0.25, -0.2) is 8.42 Å². The minimum atomic E-state index is -3.57. The highest BCUT2D eigenvalue weighted by Gasteiger charge is 2.15. The molecule has 6 nitrogen and oxygen atoms in total. The van der Waals surface area contributed by atoms with Crippen molar-refractivity contribution in [3.05, 3.63) is 42.2 Å². The van der Waals surface area contributed by atoms with E-state index in [-0.39, 0.29) is 10.9 Å². The van der Waals surface area contributed by atoms with Crippen molar-refractivity contribution in [1.82, 2.24) is 15.1 Å². The highest BCUT2D eigenvalue weighted by Crippen LogP contribution is 2.18. The van der Waals surface area contributed by atoms with Crippen molar-refractivity contribution in [2.24, 2.45) is 7.05 Å². The molecule has 1 heterocycles. The van der Waals surface area contributed by atoms with Gasteiger partial charge in [-0.2, -0.15) is 5.10 Å². The van der Waals surface area contributed by atoms with Gasteiger partial charge in [0.25, 0.3) is 10.0 Å². The first-order valence-electron chi connectivity index (χ1n) is 6.21. The van der Waals surface area contributed by atoms with Gasteiger partial charge >= 0.3 is 0 Å². The molecule has 0 aliphatic heterocycles. The molecule has 0 saturated carbocycles. The van der Waals surface area contributed by atoms with Crippen molar-refractivity contribution in [1.29, 1.82) is 0 Å². The van der Waals surface area contributed by atoms with E-state index in [4.69, 9.17) is 0 Å². The fraction of sp³-hybridized carbons (Fsp3) is 0.308. The van der Waals surface area contributed by atoms with Crippen molar-refractivity contribution >= 4 is 15.7 Å². The zero-order chi connectivity index (χ0) is 14.8. The third-order valence-corrected chi connectivity index (χ3v) is 4.48. The van der Waals surface area contributed by atoms with Crippen LogP contribution in [0.5, 0.6) is 0 Å². The summed E-state index contributed by atoms with van der Waals surface area (Å²) in [7, 11) is 0.0154. The molecule has 2 N–H and O–H groups in total. The molecule has 0 aliphatic rings. The van der Waals surface area contributed by atoms with E-state index in [1.807, 2.05) is 14.0 Å². The number of benzene rings is 1. The number of aryl methyl sites for hydroxylation is 1. The largest absolute Gasteiger partial charge is 0.313 e. The number of sulfonamides is 1. The first-order chi connectivity index (χ1) is 9.42. The van der Waals surface area contributed by atoms with Gasteiger partial charge < -0.3 is 5.32 Å². The maximum absolute atomic E-state index is 12.2. The lowest BCUT2D eigenvalue weighted by Gasteiger charge is -2.11. The molecule has 0 radical (unpaired) electrons. The Hall–Kier alpha value is -1.86. The lowest BCUT2D eigenvalue weighted by Crippen LogP contribution is -2.14. The standard InChI is InChI=1S/C13H18N4O2S/c1-10(14-2)11-4-6-13(7-5-11)20(18,19)16-12-8-15-17(3)9-12/h4-10,14,16H,1-3H3. The van der Waals surface area contributed by atoms with Gasteiger partial charge in [-0.1, -0.05) is 12.1 Å². The van der Waals surface area contributed by atoms with Crippen LogP contribution in [-0.4, -0.2) is 25.2 Å². The normalized spacial score (nSPS) is 13.2. The number of aromatic nitrogens is 2. The molecule has 1 atom stereocenters. The zero-order valence-electron chi connectivity index (χ0n) is 11.7. The lowest BCUT2D eigenvalue weighted by atomic mass is 10.1. The number of hydrogen-bond acceptors (Lipinski definition) is 4. The Bertz CT molecular complexity index is 677. The van der Waals surface area contributed by atoms with E-state index in [9.17, 15) is 8.42 Å². The van der Waals surface area contributed by atoms with E-state index < -0.39 is 10.0 Å². The molecule has 0 saturated heterocycles. The fourth-order valence-electron chi connectivity index (χ4n) is 1.79. The number of rotatable bonds is 5. The molecule has 0 bridgehead atoms. The number of nitrogens with one attached hydrogen (secondary N) is 2. The summed E-state index contributed by atoms with van der Waals surface area (Å²) in [6, 6.07) is 6.99. The van der Waals surface area contributed by atoms with Gasteiger partial charge in [-0.15, -0.1) is 0 Å². The van der Waals surface area contributed by atoms with Gasteiger partial charge in [0.1, 0.15) is 0 Å². The van der Waals surface area contributed by atoms with E-state index in [0.717, 1.165) is 5.56 Å². The van der Waals surface area contributed by atoms with E-state index in [1.54, 1.807) is 37.5 Å². The fourth-order valence-corrected chi connectivity index (χ4v) is 2.82. The molecule has 1 aromatic heterocycles. The Morgan fingerprint density at radius 3 is 2.40 bits per heavy atom. The van der Waals surface area contributed by atoms with E-state index in [1.165, 1.54) is 10.9 Å². The summed E-state index contributed by atoms with van der Waals surface area (Å²) >= 11 is 0. The van der Waals surface area contributed by atoms with Crippen LogP contribution in [0.15, 0.2) is 41.6 Å². The summed E-state index contributed by atoms with van der Waals surface area (Å²) < 4.78 is 28.4. The summed E-state index contributed by atoms with van der Waals surface area (Å²) in [5, 5.41) is 7.03. The van der Waals surface area contributed by atoms with Crippen LogP contribution in [0, 0.1) is 0 Å². The predicted octanol–water partition coefficient (Wildman–Crippen LogP) is 1.50. The molecule has 108 valence electrons. The second-order valence-electron chi connectivity index (χ2n) is 4.59. The molecule has 2 aromatic rings. The van der Waals surface area contributed by atoms with Crippen molar-refractivity contribution in [2.45, 2.75) is 17.9 Å². The zero-order valence-corrected chi connectivity index (χ0v) is 12.5. The smallest absolute Gasteiger partial charge is 0.261 e. The molecule has 1 aromatic carbocycles. The summed E-state index contributed by atoms with van der Waals surface area (Å²) in [4.78, 5) is 0.230. The molecule has 1 unspecified atom stereocenters. The summed E-state index contributed by atoms with van der Waals surface area (Å²) in [6.45, 7) is 2.01. The van der Waals surface area contributed by atoms with E-state index in [0.29, 0.717) is 5.69 Å². The van der Waals surface area contributed by atoms with Crippen LogP contribution in [0.1, 0.15) is 18.5 Å². The van der Waals surface area contributed by atoms with Gasteiger partial charge in [0.05, 0.1) is 16.8 Å². The van der Waals surface area contributed by atoms with Crippen molar-refractivity contribution in [3.8, 4) is 0 Å². The second kappa shape index (κ2) is 5.64. The molecule has 7 heteroatoms. The minimum absolute atomic E-state index is 0.179. The van der Waals surface area contributed by atoms with Crippen molar-refractivity contribution < 1.29 is 8.42 Å². The Morgan fingerprint density at radius 2 is 1.90 bits per heavy atom. The van der Waals surface area contributed by atoms with Crippen LogP contribution in [0.25, 0.3) is 0 Å². The number of nitrogens with zero attached hydrogens (tertiary/aromatic N) is 2. The maximum Gasteiger partial charge on any atom is 0.261 e. The van der Waals surface area contributed by atoms with Crippen molar-refractivity contribution in [3.63, 3.8) is 0 Å². The molecule has 2 rings (SSSR count). The first kappa shape index (κ1) is 14.5. The summed E-state index contributed by atoms with van der Waals surface area (Å²) in [5.74, 6) is 0. The number of hydrogen-bond donors (Lipinski definition) is 2. The van der Waals surface area contributed by atoms with E-state index in [2.05, 4.69) is 15.1 Å². The van der Waals surface area contributed by atoms with Crippen LogP contribution in [-0.2, 0) is 17.1 Å². The lowest BCUT2D eigenvalue weighted by molar-refractivity contribution is 0.601. The second-order valence-corrected chi connectivity index (χ2v) is 6.27. The minimum Gasteiger partial charge on any atom is -0.313 e.